The molecule has 0 aromatic rings. The van der Waals surface area contributed by atoms with Crippen LogP contribution in [0.3, 0.4) is 0 Å². The molecule has 7 heteroatoms. The minimum atomic E-state index is -2.40. The first-order chi connectivity index (χ1) is 6.97. The fourth-order valence-electron chi connectivity index (χ4n) is 0.852. The maximum atomic E-state index is 9.00. The second kappa shape index (κ2) is 10.1. The summed E-state index contributed by atoms with van der Waals surface area (Å²) < 4.78 is 15.4. The molecule has 0 saturated heterocycles. The van der Waals surface area contributed by atoms with Crippen molar-refractivity contribution in [3.8, 4) is 0 Å². The Hall–Kier alpha value is -0.473. The van der Waals surface area contributed by atoms with Crippen molar-refractivity contribution in [3.63, 3.8) is 0 Å². The fraction of sp³-hybridized carbons (Fsp3) is 0.875. The van der Waals surface area contributed by atoms with Crippen LogP contribution < -0.4 is 0 Å². The second-order valence-corrected chi connectivity index (χ2v) is 5.73. The molecule has 15 heavy (non-hydrogen) atoms. The third kappa shape index (κ3) is 9.82. The van der Waals surface area contributed by atoms with Crippen LogP contribution in [0, 0.1) is 0 Å². The zero-order valence-electron chi connectivity index (χ0n) is 9.65. The van der Waals surface area contributed by atoms with Crippen molar-refractivity contribution in [2.45, 2.75) is 19.4 Å². The summed E-state index contributed by atoms with van der Waals surface area (Å²) in [4.78, 5) is 9.00. The summed E-state index contributed by atoms with van der Waals surface area (Å²) in [6, 6.07) is 0.660. The van der Waals surface area contributed by atoms with Crippen LogP contribution in [0.4, 0.5) is 0 Å². The second-order valence-electron chi connectivity index (χ2n) is 2.64. The monoisotopic (exact) mass is 240 g/mol. The molecule has 0 heterocycles. The van der Waals surface area contributed by atoms with Gasteiger partial charge in [-0.05, 0) is 6.42 Å². The Morgan fingerprint density at radius 3 is 1.73 bits per heavy atom. The van der Waals surface area contributed by atoms with E-state index in [1.165, 1.54) is 0 Å². The van der Waals surface area contributed by atoms with Crippen molar-refractivity contribution in [1.29, 1.82) is 0 Å². The highest BCUT2D eigenvalue weighted by Gasteiger charge is 2.36. The van der Waals surface area contributed by atoms with Crippen LogP contribution >= 0.6 is 0 Å². The van der Waals surface area contributed by atoms with Gasteiger partial charge in [-0.3, -0.25) is 4.79 Å². The first-order valence-electron chi connectivity index (χ1n) is 4.43. The third-order valence-corrected chi connectivity index (χ3v) is 4.41. The van der Waals surface area contributed by atoms with Gasteiger partial charge in [-0.25, -0.2) is 0 Å². The van der Waals surface area contributed by atoms with E-state index in [1.54, 1.807) is 21.3 Å². The van der Waals surface area contributed by atoms with Crippen LogP contribution in [0.15, 0.2) is 0 Å². The lowest BCUT2D eigenvalue weighted by molar-refractivity contribution is -0.134. The topological polar surface area (TPSA) is 85.2 Å². The smallest absolute Gasteiger partial charge is 0.481 e. The molecule has 2 N–H and O–H groups in total. The third-order valence-electron chi connectivity index (χ3n) is 1.57. The number of carboxylic acid groups (broad SMARTS) is 1. The fourth-order valence-corrected chi connectivity index (χ4v) is 2.56. The summed E-state index contributed by atoms with van der Waals surface area (Å²) >= 11 is 0. The van der Waals surface area contributed by atoms with E-state index in [2.05, 4.69) is 0 Å². The highest BCUT2D eigenvalue weighted by molar-refractivity contribution is 6.60. The van der Waals surface area contributed by atoms with Gasteiger partial charge in [0.15, 0.2) is 0 Å². The van der Waals surface area contributed by atoms with E-state index in [0.717, 1.165) is 6.92 Å². The first kappa shape index (κ1) is 16.9. The molecule has 0 atom stereocenters. The molecule has 0 spiro atoms. The van der Waals surface area contributed by atoms with Crippen molar-refractivity contribution in [3.05, 3.63) is 0 Å². The molecule has 0 rings (SSSR count). The predicted molar refractivity (Wildman–Crippen MR) is 56.6 cm³/mol. The highest BCUT2D eigenvalue weighted by Crippen LogP contribution is 2.13. The van der Waals surface area contributed by atoms with Crippen molar-refractivity contribution in [1.82, 2.24) is 0 Å². The van der Waals surface area contributed by atoms with Gasteiger partial charge in [0.25, 0.3) is 5.97 Å². The van der Waals surface area contributed by atoms with Gasteiger partial charge >= 0.3 is 8.80 Å². The van der Waals surface area contributed by atoms with Crippen LogP contribution in [0.25, 0.3) is 0 Å². The van der Waals surface area contributed by atoms with Gasteiger partial charge in [-0.2, -0.15) is 0 Å². The van der Waals surface area contributed by atoms with E-state index < -0.39 is 14.8 Å². The number of rotatable bonds is 6. The average molecular weight is 240 g/mol. The van der Waals surface area contributed by atoms with Gasteiger partial charge in [-0.15, -0.1) is 0 Å². The number of carboxylic acids is 1. The summed E-state index contributed by atoms with van der Waals surface area (Å²) in [5, 5.41) is 16.0. The predicted octanol–water partition coefficient (Wildman–Crippen LogP) is 0.338. The van der Waals surface area contributed by atoms with Crippen molar-refractivity contribution in [2.24, 2.45) is 0 Å². The molecule has 0 amide bonds. The number of hydrogen-bond donors (Lipinski definition) is 2. The molecule has 0 fully saturated rings. The molecule has 0 aliphatic heterocycles. The van der Waals surface area contributed by atoms with E-state index in [4.69, 9.17) is 28.3 Å². The average Bonchev–Trinajstić information content (AvgIpc) is 2.20. The summed E-state index contributed by atoms with van der Waals surface area (Å²) in [6.07, 6.45) is 0.655. The van der Waals surface area contributed by atoms with E-state index in [9.17, 15) is 0 Å². The largest absolute Gasteiger partial charge is 0.500 e. The molecule has 0 radical (unpaired) electrons. The lowest BCUT2D eigenvalue weighted by Crippen LogP contribution is -2.42. The Balaban J connectivity index is 0. The van der Waals surface area contributed by atoms with Crippen molar-refractivity contribution in [2.75, 3.05) is 27.9 Å². The maximum absolute atomic E-state index is 9.00. The standard InChI is InChI=1S/C6H16O4Si.C2H4O2/c1-8-11(9-2,10-3)6-4-5-7;1-2(3)4/h7H,4-6H2,1-3H3;1H3,(H,3,4). The molecule has 0 saturated carbocycles. The normalized spacial score (nSPS) is 10.5. The van der Waals surface area contributed by atoms with E-state index in [1.807, 2.05) is 0 Å². The lowest BCUT2D eigenvalue weighted by Gasteiger charge is -2.23. The summed E-state index contributed by atoms with van der Waals surface area (Å²) in [5.41, 5.74) is 0. The van der Waals surface area contributed by atoms with Crippen LogP contribution in [-0.4, -0.2) is 52.9 Å². The quantitative estimate of drug-likeness (QED) is 0.651. The Bertz CT molecular complexity index is 147. The number of hydrogen-bond acceptors (Lipinski definition) is 5. The van der Waals surface area contributed by atoms with Gasteiger partial charge in [-0.1, -0.05) is 0 Å². The van der Waals surface area contributed by atoms with Gasteiger partial charge in [0.1, 0.15) is 0 Å². The van der Waals surface area contributed by atoms with Gasteiger partial charge in [0.2, 0.25) is 0 Å². The zero-order chi connectivity index (χ0) is 12.3. The van der Waals surface area contributed by atoms with Crippen LogP contribution in [0.5, 0.6) is 0 Å². The number of carbonyl (C=O) groups is 1. The Kier molecular flexibility index (Phi) is 11.4. The molecule has 0 unspecified atom stereocenters. The zero-order valence-corrected chi connectivity index (χ0v) is 10.6. The molecule has 0 aliphatic carbocycles. The van der Waals surface area contributed by atoms with Crippen LogP contribution in [-0.2, 0) is 18.1 Å². The van der Waals surface area contributed by atoms with Crippen molar-refractivity contribution >= 4 is 14.8 Å². The van der Waals surface area contributed by atoms with Crippen molar-refractivity contribution < 1.29 is 28.3 Å². The SMILES string of the molecule is CC(=O)O.CO[Si](CCCO)(OC)OC. The lowest BCUT2D eigenvalue weighted by atomic mass is 10.5. The molecule has 6 nitrogen and oxygen atoms in total. The Morgan fingerprint density at radius 1 is 1.20 bits per heavy atom. The summed E-state index contributed by atoms with van der Waals surface area (Å²) in [6.45, 7) is 1.23. The summed E-state index contributed by atoms with van der Waals surface area (Å²) in [5.74, 6) is -0.833. The Labute approximate surface area is 91.1 Å². The van der Waals surface area contributed by atoms with E-state index in [0.29, 0.717) is 12.5 Å². The number of aliphatic carboxylic acids is 1. The molecular formula is C8H20O6Si. The maximum Gasteiger partial charge on any atom is 0.500 e. The van der Waals surface area contributed by atoms with Gasteiger partial charge in [0.05, 0.1) is 0 Å². The highest BCUT2D eigenvalue weighted by atomic mass is 28.4. The number of aliphatic hydroxyl groups is 1. The first-order valence-corrected chi connectivity index (χ1v) is 6.37. The van der Waals surface area contributed by atoms with Crippen LogP contribution in [0.1, 0.15) is 13.3 Å². The molecule has 0 aromatic carbocycles. The minimum absolute atomic E-state index is 0.144. The Morgan fingerprint density at radius 2 is 1.53 bits per heavy atom. The van der Waals surface area contributed by atoms with E-state index >= 15 is 0 Å². The summed E-state index contributed by atoms with van der Waals surface area (Å²) in [7, 11) is 2.30. The number of aliphatic hydroxyl groups excluding tert-OH is 1. The molecule has 0 aromatic heterocycles. The van der Waals surface area contributed by atoms with E-state index in [-0.39, 0.29) is 6.61 Å². The minimum Gasteiger partial charge on any atom is -0.481 e. The molecule has 0 bridgehead atoms. The van der Waals surface area contributed by atoms with Gasteiger partial charge < -0.3 is 23.5 Å². The molecular weight excluding hydrogens is 220 g/mol. The molecule has 92 valence electrons. The van der Waals surface area contributed by atoms with Crippen LogP contribution in [0.2, 0.25) is 6.04 Å². The molecule has 0 aliphatic rings. The van der Waals surface area contributed by atoms with Gasteiger partial charge in [0, 0.05) is 40.9 Å².